The lowest BCUT2D eigenvalue weighted by Gasteiger charge is -2.31. The highest BCUT2D eigenvalue weighted by atomic mass is 35.5. The van der Waals surface area contributed by atoms with Gasteiger partial charge in [-0.15, -0.1) is 0 Å². The summed E-state index contributed by atoms with van der Waals surface area (Å²) in [5.41, 5.74) is 1.03. The molecule has 2 heterocycles. The molecule has 31 heavy (non-hydrogen) atoms. The van der Waals surface area contributed by atoms with E-state index in [0.717, 1.165) is 12.1 Å². The molecule has 1 aliphatic rings. The number of anilines is 1. The second-order valence-corrected chi connectivity index (χ2v) is 9.52. The summed E-state index contributed by atoms with van der Waals surface area (Å²) in [5, 5.41) is 7.36. The van der Waals surface area contributed by atoms with Crippen LogP contribution in [-0.2, 0) is 14.8 Å². The number of amides is 1. The number of carbonyl (C=O) groups excluding carboxylic acids is 1. The van der Waals surface area contributed by atoms with E-state index >= 15 is 0 Å². The zero-order chi connectivity index (χ0) is 22.0. The molecule has 0 radical (unpaired) electrons. The third-order valence-corrected chi connectivity index (χ3v) is 7.20. The standard InChI is InChI=1S/C20H19ClFN5O3S/c21-15-3-8-19(27-13-23-12-24-27)18(10-15)25-20(28)14-2-1-9-26(11-14)31(29,30)17-6-4-16(22)5-7-17/h3-8,10,12-14H,1-2,9,11H2,(H,25,28). The monoisotopic (exact) mass is 463 g/mol. The second kappa shape index (κ2) is 8.74. The number of carbonyl (C=O) groups is 1. The van der Waals surface area contributed by atoms with Crippen molar-refractivity contribution in [3.63, 3.8) is 0 Å². The van der Waals surface area contributed by atoms with Crippen molar-refractivity contribution in [1.29, 1.82) is 0 Å². The fourth-order valence-corrected chi connectivity index (χ4v) is 5.20. The molecule has 1 saturated heterocycles. The van der Waals surface area contributed by atoms with Gasteiger partial charge >= 0.3 is 0 Å². The van der Waals surface area contributed by atoms with Crippen molar-refractivity contribution in [1.82, 2.24) is 19.1 Å². The highest BCUT2D eigenvalue weighted by molar-refractivity contribution is 7.89. The van der Waals surface area contributed by atoms with Crippen LogP contribution < -0.4 is 5.32 Å². The Labute approximate surface area is 183 Å². The Balaban J connectivity index is 1.53. The molecule has 2 aromatic carbocycles. The first-order chi connectivity index (χ1) is 14.8. The molecule has 11 heteroatoms. The first kappa shape index (κ1) is 21.4. The average Bonchev–Trinajstić information content (AvgIpc) is 3.29. The maximum atomic E-state index is 13.2. The van der Waals surface area contributed by atoms with Crippen LogP contribution in [0, 0.1) is 11.7 Å². The topological polar surface area (TPSA) is 97.2 Å². The van der Waals surface area contributed by atoms with Crippen molar-refractivity contribution in [2.24, 2.45) is 5.92 Å². The number of hydrogen-bond donors (Lipinski definition) is 1. The summed E-state index contributed by atoms with van der Waals surface area (Å²) in [6, 6.07) is 9.64. The van der Waals surface area contributed by atoms with Crippen LogP contribution in [0.15, 0.2) is 60.0 Å². The smallest absolute Gasteiger partial charge is 0.243 e. The maximum absolute atomic E-state index is 13.2. The maximum Gasteiger partial charge on any atom is 0.243 e. The number of aromatic nitrogens is 3. The zero-order valence-corrected chi connectivity index (χ0v) is 17.9. The Bertz CT molecular complexity index is 1190. The van der Waals surface area contributed by atoms with E-state index in [1.165, 1.54) is 33.8 Å². The van der Waals surface area contributed by atoms with Crippen molar-refractivity contribution >= 4 is 33.2 Å². The summed E-state index contributed by atoms with van der Waals surface area (Å²) in [6.45, 7) is 0.329. The third kappa shape index (κ3) is 4.60. The molecule has 1 amide bonds. The van der Waals surface area contributed by atoms with Crippen LogP contribution in [0.25, 0.3) is 5.69 Å². The van der Waals surface area contributed by atoms with E-state index in [-0.39, 0.29) is 17.3 Å². The molecule has 1 fully saturated rings. The summed E-state index contributed by atoms with van der Waals surface area (Å²) in [6.07, 6.45) is 3.94. The summed E-state index contributed by atoms with van der Waals surface area (Å²) in [4.78, 5) is 16.9. The van der Waals surface area contributed by atoms with Crippen LogP contribution in [0.1, 0.15) is 12.8 Å². The normalized spacial score (nSPS) is 17.4. The minimum Gasteiger partial charge on any atom is -0.324 e. The van der Waals surface area contributed by atoms with E-state index in [9.17, 15) is 17.6 Å². The van der Waals surface area contributed by atoms with Gasteiger partial charge < -0.3 is 5.32 Å². The van der Waals surface area contributed by atoms with Crippen LogP contribution in [0.2, 0.25) is 5.02 Å². The van der Waals surface area contributed by atoms with Gasteiger partial charge in [0.05, 0.1) is 22.2 Å². The van der Waals surface area contributed by atoms with E-state index in [1.54, 1.807) is 18.2 Å². The predicted molar refractivity (Wildman–Crippen MR) is 113 cm³/mol. The molecule has 0 spiro atoms. The van der Waals surface area contributed by atoms with Gasteiger partial charge in [-0.1, -0.05) is 11.6 Å². The van der Waals surface area contributed by atoms with Crippen molar-refractivity contribution in [3.05, 3.63) is 66.0 Å². The lowest BCUT2D eigenvalue weighted by molar-refractivity contribution is -0.120. The molecular formula is C20H19ClFN5O3S. The van der Waals surface area contributed by atoms with Crippen molar-refractivity contribution in [3.8, 4) is 5.69 Å². The van der Waals surface area contributed by atoms with Gasteiger partial charge in [0.15, 0.2) is 0 Å². The molecule has 3 aromatic rings. The van der Waals surface area contributed by atoms with Gasteiger partial charge in [0.1, 0.15) is 18.5 Å². The molecule has 8 nitrogen and oxygen atoms in total. The van der Waals surface area contributed by atoms with Gasteiger partial charge in [-0.3, -0.25) is 4.79 Å². The predicted octanol–water partition coefficient (Wildman–Crippen LogP) is 3.10. The number of rotatable bonds is 5. The number of hydrogen-bond acceptors (Lipinski definition) is 5. The number of piperidine rings is 1. The lowest BCUT2D eigenvalue weighted by atomic mass is 9.98. The SMILES string of the molecule is O=C(Nc1cc(Cl)ccc1-n1cncn1)C1CCCN(S(=O)(=O)c2ccc(F)cc2)C1. The van der Waals surface area contributed by atoms with Crippen LogP contribution >= 0.6 is 11.6 Å². The molecule has 1 atom stereocenters. The molecule has 4 rings (SSSR count). The summed E-state index contributed by atoms with van der Waals surface area (Å²) >= 11 is 6.10. The molecule has 0 aliphatic carbocycles. The number of sulfonamides is 1. The molecule has 1 aromatic heterocycles. The summed E-state index contributed by atoms with van der Waals surface area (Å²) in [5.74, 6) is -1.38. The van der Waals surface area contributed by atoms with Crippen molar-refractivity contribution < 1.29 is 17.6 Å². The van der Waals surface area contributed by atoms with Gasteiger partial charge in [0.25, 0.3) is 0 Å². The Morgan fingerprint density at radius 1 is 1.19 bits per heavy atom. The average molecular weight is 464 g/mol. The Kier molecular flexibility index (Phi) is 6.03. The van der Waals surface area contributed by atoms with E-state index < -0.39 is 21.8 Å². The highest BCUT2D eigenvalue weighted by Crippen LogP contribution is 2.28. The molecule has 1 unspecified atom stereocenters. The van der Waals surface area contributed by atoms with Gasteiger partial charge in [-0.05, 0) is 55.3 Å². The summed E-state index contributed by atoms with van der Waals surface area (Å²) < 4.78 is 41.8. The minimum absolute atomic E-state index is 0.00160. The molecule has 0 saturated carbocycles. The zero-order valence-electron chi connectivity index (χ0n) is 16.3. The summed E-state index contributed by atoms with van der Waals surface area (Å²) in [7, 11) is -3.83. The fraction of sp³-hybridized carbons (Fsp3) is 0.250. The fourth-order valence-electron chi connectivity index (χ4n) is 3.51. The molecule has 162 valence electrons. The van der Waals surface area contributed by atoms with E-state index in [2.05, 4.69) is 15.4 Å². The van der Waals surface area contributed by atoms with Gasteiger partial charge in [0, 0.05) is 18.1 Å². The number of nitrogens with one attached hydrogen (secondary N) is 1. The first-order valence-electron chi connectivity index (χ1n) is 9.56. The van der Waals surface area contributed by atoms with Crippen LogP contribution in [0.3, 0.4) is 0 Å². The molecule has 1 N–H and O–H groups in total. The Hall–Kier alpha value is -2.82. The second-order valence-electron chi connectivity index (χ2n) is 7.15. The van der Waals surface area contributed by atoms with Crippen molar-refractivity contribution in [2.75, 3.05) is 18.4 Å². The van der Waals surface area contributed by atoms with E-state index in [0.29, 0.717) is 35.8 Å². The van der Waals surface area contributed by atoms with Crippen molar-refractivity contribution in [2.45, 2.75) is 17.7 Å². The number of nitrogens with zero attached hydrogens (tertiary/aromatic N) is 4. The van der Waals surface area contributed by atoms with E-state index in [4.69, 9.17) is 11.6 Å². The largest absolute Gasteiger partial charge is 0.324 e. The number of halogens is 2. The minimum atomic E-state index is -3.83. The molecule has 0 bridgehead atoms. The Morgan fingerprint density at radius 2 is 1.97 bits per heavy atom. The van der Waals surface area contributed by atoms with E-state index in [1.807, 2.05) is 0 Å². The van der Waals surface area contributed by atoms with Crippen LogP contribution in [0.5, 0.6) is 0 Å². The van der Waals surface area contributed by atoms with Gasteiger partial charge in [-0.25, -0.2) is 22.5 Å². The van der Waals surface area contributed by atoms with Crippen LogP contribution in [0.4, 0.5) is 10.1 Å². The van der Waals surface area contributed by atoms with Crippen LogP contribution in [-0.4, -0.2) is 46.5 Å². The lowest BCUT2D eigenvalue weighted by Crippen LogP contribution is -2.43. The first-order valence-corrected chi connectivity index (χ1v) is 11.4. The quantitative estimate of drug-likeness (QED) is 0.627. The molecule has 1 aliphatic heterocycles. The highest BCUT2D eigenvalue weighted by Gasteiger charge is 2.33. The number of benzene rings is 2. The van der Waals surface area contributed by atoms with Gasteiger partial charge in [0.2, 0.25) is 15.9 Å². The molecular weight excluding hydrogens is 445 g/mol. The van der Waals surface area contributed by atoms with Gasteiger partial charge in [-0.2, -0.15) is 9.40 Å². The third-order valence-electron chi connectivity index (χ3n) is 5.09. The Morgan fingerprint density at radius 3 is 2.68 bits per heavy atom.